The first-order valence-corrected chi connectivity index (χ1v) is 12.4. The van der Waals surface area contributed by atoms with Crippen LogP contribution in [0.1, 0.15) is 48.8 Å². The van der Waals surface area contributed by atoms with Crippen molar-refractivity contribution in [3.63, 3.8) is 0 Å². The summed E-state index contributed by atoms with van der Waals surface area (Å²) in [5.41, 5.74) is 5.49. The predicted molar refractivity (Wildman–Crippen MR) is 144 cm³/mol. The van der Waals surface area contributed by atoms with Gasteiger partial charge in [0.05, 0.1) is 12.5 Å². The molecule has 186 valence electrons. The average molecular weight is 484 g/mol. The maximum absolute atomic E-state index is 13.6. The Morgan fingerprint density at radius 3 is 2.36 bits per heavy atom. The summed E-state index contributed by atoms with van der Waals surface area (Å²) in [6.45, 7) is 2.04. The number of methoxy groups -OCH3 is 1. The van der Waals surface area contributed by atoms with Gasteiger partial charge in [-0.25, -0.2) is 4.79 Å². The van der Waals surface area contributed by atoms with Gasteiger partial charge in [0.15, 0.2) is 0 Å². The molecule has 3 aromatic carbocycles. The van der Waals surface area contributed by atoms with Crippen molar-refractivity contribution >= 4 is 23.6 Å². The molecule has 0 aromatic heterocycles. The van der Waals surface area contributed by atoms with Crippen molar-refractivity contribution in [1.29, 1.82) is 0 Å². The SMILES string of the molecule is COc1ccc(-c2ccc(CC3(C(=O)Nc4cccc(/C=C/C(=O)O)c4)CCCCC3)cc2)cc1C. The fourth-order valence-corrected chi connectivity index (χ4v) is 5.13. The van der Waals surface area contributed by atoms with E-state index in [1.165, 1.54) is 6.08 Å². The fraction of sp³-hybridized carbons (Fsp3) is 0.290. The molecule has 0 atom stereocenters. The van der Waals surface area contributed by atoms with Crippen molar-refractivity contribution < 1.29 is 19.4 Å². The zero-order valence-corrected chi connectivity index (χ0v) is 20.9. The number of nitrogens with one attached hydrogen (secondary N) is 1. The number of carbonyl (C=O) groups is 2. The Hall–Kier alpha value is -3.86. The van der Waals surface area contributed by atoms with E-state index < -0.39 is 11.4 Å². The van der Waals surface area contributed by atoms with Crippen molar-refractivity contribution in [3.05, 3.63) is 89.5 Å². The zero-order valence-electron chi connectivity index (χ0n) is 20.9. The number of ether oxygens (including phenoxy) is 1. The molecule has 4 rings (SSSR count). The van der Waals surface area contributed by atoms with Crippen LogP contribution in [0, 0.1) is 12.3 Å². The van der Waals surface area contributed by atoms with Gasteiger partial charge in [-0.2, -0.15) is 0 Å². The summed E-state index contributed by atoms with van der Waals surface area (Å²) in [6.07, 6.45) is 8.27. The Morgan fingerprint density at radius 2 is 1.69 bits per heavy atom. The van der Waals surface area contributed by atoms with Crippen molar-refractivity contribution in [2.75, 3.05) is 12.4 Å². The molecule has 36 heavy (non-hydrogen) atoms. The summed E-state index contributed by atoms with van der Waals surface area (Å²) in [5, 5.41) is 12.0. The standard InChI is InChI=1S/C31H33NO4/c1-22-19-26(14-15-28(22)36-2)25-12-9-24(10-13-25)21-31(17-4-3-5-18-31)30(35)32-27-8-6-7-23(20-27)11-16-29(33)34/h6-16,19-20H,3-5,17-18,21H2,1-2H3,(H,32,35)(H,33,34)/b16-11+. The van der Waals surface area contributed by atoms with Crippen molar-refractivity contribution in [1.82, 2.24) is 0 Å². The first kappa shape index (κ1) is 25.2. The van der Waals surface area contributed by atoms with Crippen LogP contribution in [-0.2, 0) is 16.0 Å². The number of rotatable bonds is 8. The number of hydrogen-bond donors (Lipinski definition) is 2. The zero-order chi connectivity index (χ0) is 25.5. The number of anilines is 1. The summed E-state index contributed by atoms with van der Waals surface area (Å²) in [6, 6.07) is 22.0. The number of carboxylic acid groups (broad SMARTS) is 1. The van der Waals surface area contributed by atoms with Gasteiger partial charge in [-0.1, -0.05) is 61.7 Å². The fourth-order valence-electron chi connectivity index (χ4n) is 5.13. The Kier molecular flexibility index (Phi) is 7.89. The number of aliphatic carboxylic acids is 1. The molecule has 1 aliphatic rings. The molecule has 0 saturated heterocycles. The molecule has 1 fully saturated rings. The van der Waals surface area contributed by atoms with Gasteiger partial charge < -0.3 is 15.2 Å². The van der Waals surface area contributed by atoms with Gasteiger partial charge in [0.1, 0.15) is 5.75 Å². The lowest BCUT2D eigenvalue weighted by molar-refractivity contribution is -0.131. The molecule has 2 N–H and O–H groups in total. The van der Waals surface area contributed by atoms with E-state index in [0.29, 0.717) is 12.1 Å². The summed E-state index contributed by atoms with van der Waals surface area (Å²) < 4.78 is 5.38. The van der Waals surface area contributed by atoms with Crippen LogP contribution >= 0.6 is 0 Å². The minimum Gasteiger partial charge on any atom is -0.496 e. The molecule has 1 aliphatic carbocycles. The van der Waals surface area contributed by atoms with Gasteiger partial charge in [0, 0.05) is 11.8 Å². The minimum atomic E-state index is -1.00. The molecule has 0 heterocycles. The van der Waals surface area contributed by atoms with Crippen LogP contribution in [0.25, 0.3) is 17.2 Å². The topological polar surface area (TPSA) is 75.6 Å². The molecule has 1 amide bonds. The third-order valence-electron chi connectivity index (χ3n) is 7.08. The van der Waals surface area contributed by atoms with Crippen LogP contribution in [0.4, 0.5) is 5.69 Å². The van der Waals surface area contributed by atoms with Crippen LogP contribution in [0.5, 0.6) is 5.75 Å². The van der Waals surface area contributed by atoms with Gasteiger partial charge >= 0.3 is 5.97 Å². The van der Waals surface area contributed by atoms with E-state index in [1.54, 1.807) is 13.2 Å². The van der Waals surface area contributed by atoms with E-state index in [9.17, 15) is 9.59 Å². The van der Waals surface area contributed by atoms with Crippen molar-refractivity contribution in [2.24, 2.45) is 5.41 Å². The van der Waals surface area contributed by atoms with Crippen LogP contribution in [0.2, 0.25) is 0 Å². The van der Waals surface area contributed by atoms with Crippen LogP contribution < -0.4 is 10.1 Å². The summed E-state index contributed by atoms with van der Waals surface area (Å²) >= 11 is 0. The van der Waals surface area contributed by atoms with E-state index >= 15 is 0 Å². The third-order valence-corrected chi connectivity index (χ3v) is 7.08. The van der Waals surface area contributed by atoms with Gasteiger partial charge in [-0.05, 0) is 84.3 Å². The maximum Gasteiger partial charge on any atom is 0.328 e. The van der Waals surface area contributed by atoms with Crippen LogP contribution in [0.15, 0.2) is 72.8 Å². The molecule has 0 aliphatic heterocycles. The summed E-state index contributed by atoms with van der Waals surface area (Å²) in [5.74, 6) is -0.0840. The molecule has 5 heteroatoms. The van der Waals surface area contributed by atoms with E-state index in [2.05, 4.69) is 41.7 Å². The number of aryl methyl sites for hydroxylation is 1. The highest BCUT2D eigenvalue weighted by Gasteiger charge is 2.39. The smallest absolute Gasteiger partial charge is 0.328 e. The van der Waals surface area contributed by atoms with E-state index in [0.717, 1.165) is 71.7 Å². The molecular weight excluding hydrogens is 450 g/mol. The monoisotopic (exact) mass is 483 g/mol. The second kappa shape index (κ2) is 11.3. The lowest BCUT2D eigenvalue weighted by atomic mass is 9.69. The molecule has 1 saturated carbocycles. The quantitative estimate of drug-likeness (QED) is 0.342. The van der Waals surface area contributed by atoms with Gasteiger partial charge in [-0.15, -0.1) is 0 Å². The van der Waals surface area contributed by atoms with Crippen molar-refractivity contribution in [2.45, 2.75) is 45.4 Å². The molecule has 3 aromatic rings. The Balaban J connectivity index is 1.52. The molecule has 0 unspecified atom stereocenters. The molecule has 0 radical (unpaired) electrons. The van der Waals surface area contributed by atoms with E-state index in [-0.39, 0.29) is 5.91 Å². The number of carbonyl (C=O) groups excluding carboxylic acids is 1. The molecular formula is C31H33NO4. The second-order valence-corrected chi connectivity index (χ2v) is 9.65. The van der Waals surface area contributed by atoms with E-state index in [1.807, 2.05) is 31.2 Å². The molecule has 0 bridgehead atoms. The Morgan fingerprint density at radius 1 is 0.972 bits per heavy atom. The second-order valence-electron chi connectivity index (χ2n) is 9.65. The highest BCUT2D eigenvalue weighted by atomic mass is 16.5. The number of amides is 1. The van der Waals surface area contributed by atoms with E-state index in [4.69, 9.17) is 9.84 Å². The Bertz CT molecular complexity index is 1250. The molecule has 0 spiro atoms. The maximum atomic E-state index is 13.6. The summed E-state index contributed by atoms with van der Waals surface area (Å²) in [4.78, 5) is 24.5. The van der Waals surface area contributed by atoms with Crippen LogP contribution in [-0.4, -0.2) is 24.1 Å². The first-order valence-electron chi connectivity index (χ1n) is 12.4. The Labute approximate surface area is 212 Å². The largest absolute Gasteiger partial charge is 0.496 e. The number of benzene rings is 3. The average Bonchev–Trinajstić information content (AvgIpc) is 2.88. The number of carboxylic acids is 1. The summed E-state index contributed by atoms with van der Waals surface area (Å²) in [7, 11) is 1.68. The predicted octanol–water partition coefficient (Wildman–Crippen LogP) is 6.90. The lowest BCUT2D eigenvalue weighted by Crippen LogP contribution is -2.40. The molecule has 5 nitrogen and oxygen atoms in total. The third kappa shape index (κ3) is 6.03. The number of hydrogen-bond acceptors (Lipinski definition) is 3. The van der Waals surface area contributed by atoms with Gasteiger partial charge in [0.2, 0.25) is 5.91 Å². The normalized spacial score (nSPS) is 14.9. The highest BCUT2D eigenvalue weighted by molar-refractivity contribution is 5.96. The highest BCUT2D eigenvalue weighted by Crippen LogP contribution is 2.41. The van der Waals surface area contributed by atoms with Crippen LogP contribution in [0.3, 0.4) is 0 Å². The lowest BCUT2D eigenvalue weighted by Gasteiger charge is -2.36. The minimum absolute atomic E-state index is 0.0384. The van der Waals surface area contributed by atoms with Crippen molar-refractivity contribution in [3.8, 4) is 16.9 Å². The first-order chi connectivity index (χ1) is 17.4. The van der Waals surface area contributed by atoms with Gasteiger partial charge in [-0.3, -0.25) is 4.79 Å². The van der Waals surface area contributed by atoms with Gasteiger partial charge in [0.25, 0.3) is 0 Å².